The Morgan fingerprint density at radius 3 is 2.92 bits per heavy atom. The van der Waals surface area contributed by atoms with E-state index in [4.69, 9.17) is 16.3 Å². The van der Waals surface area contributed by atoms with Crippen LogP contribution in [0.15, 0.2) is 17.5 Å². The lowest BCUT2D eigenvalue weighted by molar-refractivity contribution is 0.420. The van der Waals surface area contributed by atoms with Crippen LogP contribution in [0.3, 0.4) is 0 Å². The van der Waals surface area contributed by atoms with Crippen molar-refractivity contribution in [3.05, 3.63) is 22.5 Å². The van der Waals surface area contributed by atoms with E-state index in [0.29, 0.717) is 10.8 Å². The van der Waals surface area contributed by atoms with Crippen LogP contribution in [0.4, 0.5) is 0 Å². The van der Waals surface area contributed by atoms with Crippen LogP contribution in [0.5, 0.6) is 11.5 Å². The zero-order valence-corrected chi connectivity index (χ0v) is 8.45. The maximum Gasteiger partial charge on any atom is 0.155 e. The molecular weight excluding hydrogens is 208 g/mol. The molecule has 1 aromatic heterocycles. The summed E-state index contributed by atoms with van der Waals surface area (Å²) in [5, 5.41) is 12.5. The van der Waals surface area contributed by atoms with Crippen LogP contribution in [0.25, 0.3) is 10.1 Å². The first-order valence-electron chi connectivity index (χ1n) is 3.66. The van der Waals surface area contributed by atoms with E-state index in [2.05, 4.69) is 0 Å². The van der Waals surface area contributed by atoms with E-state index in [1.807, 2.05) is 0 Å². The second-order valence-corrected chi connectivity index (χ2v) is 3.87. The van der Waals surface area contributed by atoms with Gasteiger partial charge in [-0.15, -0.1) is 11.3 Å². The minimum absolute atomic E-state index is 0.273. The fraction of sp³-hybridized carbons (Fsp3) is 0.111. The monoisotopic (exact) mass is 214 g/mol. The average molecular weight is 215 g/mol. The molecule has 2 nitrogen and oxygen atoms in total. The largest absolute Gasteiger partial charge is 0.506 e. The highest BCUT2D eigenvalue weighted by atomic mass is 35.5. The third kappa shape index (κ3) is 1.24. The minimum atomic E-state index is 0.273. The van der Waals surface area contributed by atoms with Gasteiger partial charge in [-0.25, -0.2) is 0 Å². The van der Waals surface area contributed by atoms with Crippen LogP contribution in [0, 0.1) is 0 Å². The third-order valence-electron chi connectivity index (χ3n) is 1.83. The van der Waals surface area contributed by atoms with Gasteiger partial charge in [0.25, 0.3) is 0 Å². The fourth-order valence-corrected chi connectivity index (χ4v) is 2.47. The molecule has 2 aromatic rings. The van der Waals surface area contributed by atoms with E-state index < -0.39 is 0 Å². The Labute approximate surface area is 84.3 Å². The van der Waals surface area contributed by atoms with Crippen molar-refractivity contribution < 1.29 is 9.84 Å². The van der Waals surface area contributed by atoms with Gasteiger partial charge in [-0.1, -0.05) is 11.6 Å². The zero-order chi connectivity index (χ0) is 9.42. The molecule has 1 heterocycles. The highest BCUT2D eigenvalue weighted by Gasteiger charge is 2.10. The van der Waals surface area contributed by atoms with Crippen LogP contribution < -0.4 is 4.74 Å². The molecule has 0 saturated carbocycles. The number of aromatic hydroxyl groups is 1. The van der Waals surface area contributed by atoms with Crippen LogP contribution in [-0.2, 0) is 0 Å². The maximum atomic E-state index is 9.43. The van der Waals surface area contributed by atoms with Gasteiger partial charge in [-0.05, 0) is 12.1 Å². The summed E-state index contributed by atoms with van der Waals surface area (Å²) in [6.07, 6.45) is 0. The smallest absolute Gasteiger partial charge is 0.155 e. The fourth-order valence-electron chi connectivity index (χ4n) is 1.23. The second kappa shape index (κ2) is 3.09. The number of halogens is 1. The SMILES string of the molecule is COc1c(Cl)ccc2c(O)csc12. The van der Waals surface area contributed by atoms with Crippen LogP contribution in [-0.4, -0.2) is 12.2 Å². The number of rotatable bonds is 1. The predicted octanol–water partition coefficient (Wildman–Crippen LogP) is 3.27. The number of hydrogen-bond acceptors (Lipinski definition) is 3. The summed E-state index contributed by atoms with van der Waals surface area (Å²) >= 11 is 7.33. The molecule has 0 fully saturated rings. The predicted molar refractivity (Wildman–Crippen MR) is 55.1 cm³/mol. The van der Waals surface area contributed by atoms with E-state index in [-0.39, 0.29) is 5.75 Å². The number of thiophene rings is 1. The molecule has 0 atom stereocenters. The molecule has 68 valence electrons. The maximum absolute atomic E-state index is 9.43. The Kier molecular flexibility index (Phi) is 2.06. The average Bonchev–Trinajstić information content (AvgIpc) is 2.48. The Hall–Kier alpha value is -0.930. The number of fused-ring (bicyclic) bond motifs is 1. The van der Waals surface area contributed by atoms with E-state index >= 15 is 0 Å². The molecule has 1 N–H and O–H groups in total. The lowest BCUT2D eigenvalue weighted by Gasteiger charge is -2.03. The van der Waals surface area contributed by atoms with Gasteiger partial charge in [0.05, 0.1) is 16.8 Å². The molecule has 1 aromatic carbocycles. The highest BCUT2D eigenvalue weighted by Crippen LogP contribution is 2.41. The van der Waals surface area contributed by atoms with Crippen molar-refractivity contribution in [2.45, 2.75) is 0 Å². The summed E-state index contributed by atoms with van der Waals surface area (Å²) < 4.78 is 6.02. The molecule has 0 amide bonds. The van der Waals surface area contributed by atoms with E-state index in [1.54, 1.807) is 24.6 Å². The van der Waals surface area contributed by atoms with Crippen molar-refractivity contribution in [2.75, 3.05) is 7.11 Å². The Balaban J connectivity index is 2.85. The van der Waals surface area contributed by atoms with Gasteiger partial charge in [-0.2, -0.15) is 0 Å². The van der Waals surface area contributed by atoms with E-state index in [1.165, 1.54) is 11.3 Å². The van der Waals surface area contributed by atoms with Crippen molar-refractivity contribution >= 4 is 33.0 Å². The molecule has 4 heteroatoms. The molecule has 13 heavy (non-hydrogen) atoms. The lowest BCUT2D eigenvalue weighted by Crippen LogP contribution is -1.83. The minimum Gasteiger partial charge on any atom is -0.506 e. The molecule has 0 radical (unpaired) electrons. The first kappa shape index (κ1) is 8.66. The highest BCUT2D eigenvalue weighted by molar-refractivity contribution is 7.18. The molecule has 0 aliphatic heterocycles. The molecular formula is C9H7ClO2S. The van der Waals surface area contributed by atoms with Gasteiger partial charge in [0, 0.05) is 10.8 Å². The summed E-state index contributed by atoms with van der Waals surface area (Å²) in [5.74, 6) is 0.902. The summed E-state index contributed by atoms with van der Waals surface area (Å²) in [5.41, 5.74) is 0. The van der Waals surface area contributed by atoms with Gasteiger partial charge >= 0.3 is 0 Å². The van der Waals surface area contributed by atoms with Crippen LogP contribution in [0.2, 0.25) is 5.02 Å². The third-order valence-corrected chi connectivity index (χ3v) is 3.11. The number of methoxy groups -OCH3 is 1. The van der Waals surface area contributed by atoms with Gasteiger partial charge < -0.3 is 9.84 Å². The number of benzene rings is 1. The van der Waals surface area contributed by atoms with Crippen molar-refractivity contribution in [1.82, 2.24) is 0 Å². The van der Waals surface area contributed by atoms with Crippen molar-refractivity contribution in [1.29, 1.82) is 0 Å². The molecule has 0 aliphatic rings. The molecule has 0 unspecified atom stereocenters. The number of hydrogen-bond donors (Lipinski definition) is 1. The van der Waals surface area contributed by atoms with Gasteiger partial charge in [0.15, 0.2) is 5.75 Å². The van der Waals surface area contributed by atoms with E-state index in [0.717, 1.165) is 10.1 Å². The molecule has 0 aliphatic carbocycles. The zero-order valence-electron chi connectivity index (χ0n) is 6.87. The summed E-state index contributed by atoms with van der Waals surface area (Å²) in [7, 11) is 1.57. The Morgan fingerprint density at radius 2 is 2.23 bits per heavy atom. The standard InChI is InChI=1S/C9H7ClO2S/c1-12-8-6(10)3-2-5-7(11)4-13-9(5)8/h2-4,11H,1H3. The van der Waals surface area contributed by atoms with Crippen molar-refractivity contribution in [2.24, 2.45) is 0 Å². The topological polar surface area (TPSA) is 29.5 Å². The van der Waals surface area contributed by atoms with Gasteiger partial charge in [-0.3, -0.25) is 0 Å². The Morgan fingerprint density at radius 1 is 1.46 bits per heavy atom. The van der Waals surface area contributed by atoms with E-state index in [9.17, 15) is 5.11 Å². The molecule has 2 rings (SSSR count). The van der Waals surface area contributed by atoms with Crippen LogP contribution >= 0.6 is 22.9 Å². The van der Waals surface area contributed by atoms with Crippen molar-refractivity contribution in [3.63, 3.8) is 0 Å². The quantitative estimate of drug-likeness (QED) is 0.790. The Bertz CT molecular complexity index is 450. The summed E-state index contributed by atoms with van der Waals surface area (Å²) in [4.78, 5) is 0. The molecule has 0 bridgehead atoms. The van der Waals surface area contributed by atoms with Crippen molar-refractivity contribution in [3.8, 4) is 11.5 Å². The molecule has 0 saturated heterocycles. The van der Waals surface area contributed by atoms with Gasteiger partial charge in [0.2, 0.25) is 0 Å². The normalized spacial score (nSPS) is 10.6. The van der Waals surface area contributed by atoms with Gasteiger partial charge in [0.1, 0.15) is 5.75 Å². The first-order valence-corrected chi connectivity index (χ1v) is 4.92. The first-order chi connectivity index (χ1) is 6.24. The number of ether oxygens (including phenoxy) is 1. The van der Waals surface area contributed by atoms with Crippen LogP contribution in [0.1, 0.15) is 0 Å². The summed E-state index contributed by atoms with van der Waals surface area (Å²) in [6.45, 7) is 0. The molecule has 0 spiro atoms. The summed E-state index contributed by atoms with van der Waals surface area (Å²) in [6, 6.07) is 3.50. The second-order valence-electron chi connectivity index (χ2n) is 2.58. The lowest BCUT2D eigenvalue weighted by atomic mass is 10.2.